The van der Waals surface area contributed by atoms with Crippen molar-refractivity contribution in [2.45, 2.75) is 60.0 Å². The normalized spacial score (nSPS) is 29.8. The first-order valence-electron chi connectivity index (χ1n) is 13.3. The van der Waals surface area contributed by atoms with E-state index in [-0.39, 0.29) is 47.6 Å². The number of nitrogens with zero attached hydrogens (tertiary/aromatic N) is 2. The Balaban J connectivity index is 1.78. The number of carbonyl (C=O) groups excluding carboxylic acids is 3. The maximum absolute atomic E-state index is 14.6. The van der Waals surface area contributed by atoms with E-state index in [1.165, 1.54) is 0 Å². The van der Waals surface area contributed by atoms with Crippen LogP contribution in [0.1, 0.15) is 33.1 Å². The van der Waals surface area contributed by atoms with Gasteiger partial charge in [0.1, 0.15) is 6.04 Å². The number of hydrogen-bond donors (Lipinski definition) is 1. The van der Waals surface area contributed by atoms with Gasteiger partial charge in [0.15, 0.2) is 0 Å². The number of fused-ring (bicyclic) bond motifs is 1. The molecule has 1 N–H and O–H groups in total. The first-order chi connectivity index (χ1) is 18.6. The first kappa shape index (κ1) is 30.2. The van der Waals surface area contributed by atoms with Crippen LogP contribution in [0.2, 0.25) is 5.02 Å². The molecule has 39 heavy (non-hydrogen) atoms. The molecule has 212 valence electrons. The van der Waals surface area contributed by atoms with Crippen LogP contribution in [0.5, 0.6) is 0 Å². The van der Waals surface area contributed by atoms with Crippen LogP contribution >= 0.6 is 39.3 Å². The van der Waals surface area contributed by atoms with Gasteiger partial charge in [-0.2, -0.15) is 0 Å². The van der Waals surface area contributed by atoms with Crippen molar-refractivity contribution in [1.29, 1.82) is 0 Å². The molecule has 1 spiro atoms. The van der Waals surface area contributed by atoms with Gasteiger partial charge in [0.2, 0.25) is 5.91 Å². The number of halogens is 2. The minimum absolute atomic E-state index is 0.0671. The molecule has 0 aliphatic carbocycles. The fourth-order valence-corrected chi connectivity index (χ4v) is 10.0. The zero-order chi connectivity index (χ0) is 28.5. The number of carbonyl (C=O) groups is 3. The molecule has 7 atom stereocenters. The number of hydrogen-bond acceptors (Lipinski definition) is 6. The summed E-state index contributed by atoms with van der Waals surface area (Å²) in [7, 11) is 0. The van der Waals surface area contributed by atoms with E-state index in [0.717, 1.165) is 6.42 Å². The summed E-state index contributed by atoms with van der Waals surface area (Å²) >= 11 is 11.4. The Morgan fingerprint density at radius 1 is 1.31 bits per heavy atom. The largest absolute Gasteiger partial charge is 0.465 e. The van der Waals surface area contributed by atoms with Crippen molar-refractivity contribution in [3.05, 3.63) is 54.6 Å². The minimum Gasteiger partial charge on any atom is -0.465 e. The average molecular weight is 640 g/mol. The van der Waals surface area contributed by atoms with Gasteiger partial charge in [-0.05, 0) is 49.4 Å². The molecule has 3 unspecified atom stereocenters. The Bertz CT molecular complexity index is 1120. The third-order valence-corrected chi connectivity index (χ3v) is 11.5. The van der Waals surface area contributed by atoms with Crippen LogP contribution < -0.4 is 4.90 Å². The van der Waals surface area contributed by atoms with Crippen molar-refractivity contribution in [2.75, 3.05) is 24.7 Å². The van der Waals surface area contributed by atoms with Crippen molar-refractivity contribution < 1.29 is 24.2 Å². The van der Waals surface area contributed by atoms with Gasteiger partial charge in [0, 0.05) is 27.3 Å². The molecule has 10 heteroatoms. The Labute approximate surface area is 248 Å². The van der Waals surface area contributed by atoms with Crippen molar-refractivity contribution in [2.24, 2.45) is 17.8 Å². The molecule has 3 aliphatic heterocycles. The number of amides is 2. The number of aliphatic hydroxyl groups is 1. The third kappa shape index (κ3) is 5.32. The molecule has 1 aromatic rings. The molecular formula is C29H36BrClN2O5S. The number of rotatable bonds is 12. The quantitative estimate of drug-likeness (QED) is 0.152. The fraction of sp³-hybridized carbons (Fsp3) is 0.552. The zero-order valence-corrected chi connectivity index (χ0v) is 25.5. The second-order valence-electron chi connectivity index (χ2n) is 10.7. The zero-order valence-electron chi connectivity index (χ0n) is 22.3. The van der Waals surface area contributed by atoms with Crippen molar-refractivity contribution >= 4 is 62.8 Å². The van der Waals surface area contributed by atoms with Gasteiger partial charge in [-0.3, -0.25) is 14.4 Å². The van der Waals surface area contributed by atoms with Gasteiger partial charge in [0.05, 0.1) is 35.8 Å². The van der Waals surface area contributed by atoms with Crippen molar-refractivity contribution in [3.8, 4) is 0 Å². The summed E-state index contributed by atoms with van der Waals surface area (Å²) in [5.74, 6) is -2.44. The summed E-state index contributed by atoms with van der Waals surface area (Å²) in [5.41, 5.74) is 0.632. The topological polar surface area (TPSA) is 87.2 Å². The lowest BCUT2D eigenvalue weighted by molar-refractivity contribution is -0.154. The predicted molar refractivity (Wildman–Crippen MR) is 159 cm³/mol. The lowest BCUT2D eigenvalue weighted by Crippen LogP contribution is -2.59. The average Bonchev–Trinajstić information content (AvgIpc) is 3.49. The second kappa shape index (κ2) is 12.4. The predicted octanol–water partition coefficient (Wildman–Crippen LogP) is 4.85. The van der Waals surface area contributed by atoms with Crippen LogP contribution in [-0.2, 0) is 19.1 Å². The van der Waals surface area contributed by atoms with E-state index in [1.54, 1.807) is 58.0 Å². The molecule has 3 aliphatic rings. The number of anilines is 1. The van der Waals surface area contributed by atoms with E-state index in [9.17, 15) is 19.5 Å². The number of likely N-dealkylation sites (tertiary alicyclic amines) is 1. The second-order valence-corrected chi connectivity index (χ2v) is 13.9. The van der Waals surface area contributed by atoms with Crippen LogP contribution in [0.15, 0.2) is 49.6 Å². The highest BCUT2D eigenvalue weighted by atomic mass is 79.9. The molecule has 2 bridgehead atoms. The number of esters is 1. The highest BCUT2D eigenvalue weighted by Crippen LogP contribution is 2.68. The van der Waals surface area contributed by atoms with E-state index in [2.05, 4.69) is 29.1 Å². The van der Waals surface area contributed by atoms with Crippen LogP contribution in [0.3, 0.4) is 0 Å². The molecule has 4 rings (SSSR count). The standard InChI is InChI=1S/C29H36BrClN2O5S/c1-5-7-8-14-38-28(37)22-23-26(35)33(21(16-34)17(3)4)25(29(23)15-20(30)24(22)39-29)27(36)32(13-6-2)19-11-9-18(31)10-12-19/h5-6,9-12,17,20-25,34H,1-2,7-8,13-16H2,3-4H3/t20?,21-,22+,23-,24+,25?,29?/m0/s1. The summed E-state index contributed by atoms with van der Waals surface area (Å²) in [6.45, 7) is 11.6. The lowest BCUT2D eigenvalue weighted by Gasteiger charge is -2.40. The summed E-state index contributed by atoms with van der Waals surface area (Å²) < 4.78 is 4.81. The van der Waals surface area contributed by atoms with Crippen LogP contribution in [0.25, 0.3) is 0 Å². The highest BCUT2D eigenvalue weighted by Gasteiger charge is 2.76. The number of ether oxygens (including phenoxy) is 1. The molecule has 0 saturated carbocycles. The highest BCUT2D eigenvalue weighted by molar-refractivity contribution is 9.09. The van der Waals surface area contributed by atoms with Crippen LogP contribution in [-0.4, -0.2) is 74.5 Å². The van der Waals surface area contributed by atoms with Crippen LogP contribution in [0.4, 0.5) is 5.69 Å². The summed E-state index contributed by atoms with van der Waals surface area (Å²) in [6.07, 6.45) is 5.35. The maximum Gasteiger partial charge on any atom is 0.310 e. The van der Waals surface area contributed by atoms with E-state index in [0.29, 0.717) is 23.6 Å². The Hall–Kier alpha value is -1.81. The number of allylic oxidation sites excluding steroid dienone is 1. The van der Waals surface area contributed by atoms with Gasteiger partial charge in [0.25, 0.3) is 5.91 Å². The lowest BCUT2D eigenvalue weighted by atomic mass is 9.71. The smallest absolute Gasteiger partial charge is 0.310 e. The maximum atomic E-state index is 14.6. The first-order valence-corrected chi connectivity index (χ1v) is 15.5. The van der Waals surface area contributed by atoms with Crippen LogP contribution in [0, 0.1) is 17.8 Å². The van der Waals surface area contributed by atoms with E-state index in [4.69, 9.17) is 16.3 Å². The van der Waals surface area contributed by atoms with E-state index in [1.807, 2.05) is 13.8 Å². The molecule has 7 nitrogen and oxygen atoms in total. The Kier molecular flexibility index (Phi) is 9.56. The third-order valence-electron chi connectivity index (χ3n) is 8.06. The Morgan fingerprint density at radius 2 is 2.00 bits per heavy atom. The molecule has 3 saturated heterocycles. The van der Waals surface area contributed by atoms with E-state index < -0.39 is 34.6 Å². The molecule has 2 amide bonds. The van der Waals surface area contributed by atoms with Gasteiger partial charge in [-0.25, -0.2) is 0 Å². The minimum atomic E-state index is -0.876. The molecule has 0 aromatic heterocycles. The summed E-state index contributed by atoms with van der Waals surface area (Å²) in [4.78, 5) is 45.5. The van der Waals surface area contributed by atoms with Crippen molar-refractivity contribution in [1.82, 2.24) is 4.90 Å². The number of thioether (sulfide) groups is 1. The number of aliphatic hydroxyl groups excluding tert-OH is 1. The van der Waals surface area contributed by atoms with E-state index >= 15 is 0 Å². The van der Waals surface area contributed by atoms with Gasteiger partial charge in [-0.1, -0.05) is 53.5 Å². The number of benzene rings is 1. The monoisotopic (exact) mass is 638 g/mol. The fourth-order valence-electron chi connectivity index (χ4n) is 6.31. The molecule has 0 radical (unpaired) electrons. The molecule has 3 heterocycles. The van der Waals surface area contributed by atoms with Gasteiger partial charge < -0.3 is 19.6 Å². The van der Waals surface area contributed by atoms with Gasteiger partial charge in [-0.15, -0.1) is 24.9 Å². The molecule has 3 fully saturated rings. The van der Waals surface area contributed by atoms with Crippen molar-refractivity contribution in [3.63, 3.8) is 0 Å². The Morgan fingerprint density at radius 3 is 2.59 bits per heavy atom. The molecular weight excluding hydrogens is 604 g/mol. The number of alkyl halides is 1. The summed E-state index contributed by atoms with van der Waals surface area (Å²) in [6, 6.07) is 5.50. The number of unbranched alkanes of at least 4 members (excludes halogenated alkanes) is 1. The summed E-state index contributed by atoms with van der Waals surface area (Å²) in [5, 5.41) is 10.8. The molecule has 1 aromatic carbocycles. The SMILES string of the molecule is C=CCCCOC(=O)[C@H]1[C@@H]2SC3(CC2Br)C(C(=O)N(CC=C)c2ccc(Cl)cc2)N([C@@H](CO)C(C)C)C(=O)[C@H]13. The van der Waals surface area contributed by atoms with Gasteiger partial charge >= 0.3 is 5.97 Å².